The van der Waals surface area contributed by atoms with E-state index in [4.69, 9.17) is 5.26 Å². The summed E-state index contributed by atoms with van der Waals surface area (Å²) in [6.07, 6.45) is 3.33. The summed E-state index contributed by atoms with van der Waals surface area (Å²) >= 11 is 0. The average Bonchev–Trinajstić information content (AvgIpc) is 3.20. The lowest BCUT2D eigenvalue weighted by Crippen LogP contribution is -2.50. The maximum atomic E-state index is 12.8. The van der Waals surface area contributed by atoms with Crippen molar-refractivity contribution in [2.24, 2.45) is 0 Å². The van der Waals surface area contributed by atoms with E-state index in [2.05, 4.69) is 12.1 Å². The molecule has 1 aliphatic heterocycles. The van der Waals surface area contributed by atoms with Crippen LogP contribution in [0.2, 0.25) is 0 Å². The number of rotatable bonds is 2. The first-order valence-corrected chi connectivity index (χ1v) is 9.36. The van der Waals surface area contributed by atoms with E-state index in [1.807, 2.05) is 17.0 Å². The molecule has 0 saturated carbocycles. The van der Waals surface area contributed by atoms with Crippen molar-refractivity contribution in [2.45, 2.75) is 19.3 Å². The predicted octanol–water partition coefficient (Wildman–Crippen LogP) is 2.65. The molecule has 5 nitrogen and oxygen atoms in total. The zero-order valence-electron chi connectivity index (χ0n) is 15.1. The van der Waals surface area contributed by atoms with Gasteiger partial charge in [0.05, 0.1) is 11.6 Å². The lowest BCUT2D eigenvalue weighted by Gasteiger charge is -2.35. The fourth-order valence-corrected chi connectivity index (χ4v) is 3.90. The fourth-order valence-electron chi connectivity index (χ4n) is 3.90. The molecule has 1 heterocycles. The summed E-state index contributed by atoms with van der Waals surface area (Å²) < 4.78 is 0. The van der Waals surface area contributed by atoms with E-state index in [0.29, 0.717) is 37.3 Å². The summed E-state index contributed by atoms with van der Waals surface area (Å²) in [5, 5.41) is 9.00. The molecule has 2 amide bonds. The number of piperazine rings is 1. The Kier molecular flexibility index (Phi) is 4.64. The first-order valence-electron chi connectivity index (χ1n) is 9.36. The Morgan fingerprint density at radius 1 is 0.815 bits per heavy atom. The lowest BCUT2D eigenvalue weighted by molar-refractivity contribution is 0.0535. The third-order valence-corrected chi connectivity index (χ3v) is 5.44. The maximum Gasteiger partial charge on any atom is 0.254 e. The zero-order valence-corrected chi connectivity index (χ0v) is 15.1. The number of hydrogen-bond acceptors (Lipinski definition) is 3. The van der Waals surface area contributed by atoms with E-state index >= 15 is 0 Å². The molecule has 2 aromatic rings. The summed E-state index contributed by atoms with van der Waals surface area (Å²) in [6, 6.07) is 14.9. The van der Waals surface area contributed by atoms with Crippen LogP contribution in [0.3, 0.4) is 0 Å². The van der Waals surface area contributed by atoms with Crippen molar-refractivity contribution in [2.75, 3.05) is 26.2 Å². The number of aryl methyl sites for hydroxylation is 2. The highest BCUT2D eigenvalue weighted by atomic mass is 16.2. The van der Waals surface area contributed by atoms with Gasteiger partial charge >= 0.3 is 0 Å². The van der Waals surface area contributed by atoms with Gasteiger partial charge in [0.1, 0.15) is 0 Å². The third-order valence-electron chi connectivity index (χ3n) is 5.44. The molecule has 1 fully saturated rings. The number of nitrogens with zero attached hydrogens (tertiary/aromatic N) is 3. The number of nitriles is 1. The molecule has 27 heavy (non-hydrogen) atoms. The normalized spacial score (nSPS) is 16.0. The van der Waals surface area contributed by atoms with Gasteiger partial charge in [0, 0.05) is 37.3 Å². The Balaban J connectivity index is 1.40. The molecule has 4 rings (SSSR count). The van der Waals surface area contributed by atoms with Gasteiger partial charge in [-0.25, -0.2) is 0 Å². The lowest BCUT2D eigenvalue weighted by atomic mass is 10.1. The number of fused-ring (bicyclic) bond motifs is 1. The van der Waals surface area contributed by atoms with E-state index in [0.717, 1.165) is 18.4 Å². The minimum absolute atomic E-state index is 0.0447. The van der Waals surface area contributed by atoms with Crippen LogP contribution in [0.15, 0.2) is 42.5 Å². The Morgan fingerprint density at radius 2 is 1.44 bits per heavy atom. The summed E-state index contributed by atoms with van der Waals surface area (Å²) in [7, 11) is 0. The number of hydrogen-bond donors (Lipinski definition) is 0. The number of carbonyl (C=O) groups is 2. The van der Waals surface area contributed by atoms with Crippen molar-refractivity contribution in [3.05, 3.63) is 70.3 Å². The first-order chi connectivity index (χ1) is 13.2. The minimum Gasteiger partial charge on any atom is -0.335 e. The molecule has 0 bridgehead atoms. The molecule has 2 aromatic carbocycles. The molecule has 136 valence electrons. The molecule has 1 aliphatic carbocycles. The van der Waals surface area contributed by atoms with Crippen LogP contribution in [0.1, 0.15) is 43.8 Å². The minimum atomic E-state index is -0.0864. The number of benzene rings is 2. The van der Waals surface area contributed by atoms with Crippen LogP contribution in [-0.4, -0.2) is 47.8 Å². The topological polar surface area (TPSA) is 64.4 Å². The van der Waals surface area contributed by atoms with Gasteiger partial charge < -0.3 is 9.80 Å². The van der Waals surface area contributed by atoms with Crippen molar-refractivity contribution >= 4 is 11.8 Å². The molecule has 5 heteroatoms. The fraction of sp³-hybridized carbons (Fsp3) is 0.318. The smallest absolute Gasteiger partial charge is 0.254 e. The van der Waals surface area contributed by atoms with Crippen molar-refractivity contribution in [3.63, 3.8) is 0 Å². The quantitative estimate of drug-likeness (QED) is 0.828. The highest BCUT2D eigenvalue weighted by Crippen LogP contribution is 2.23. The monoisotopic (exact) mass is 359 g/mol. The Labute approximate surface area is 158 Å². The van der Waals surface area contributed by atoms with E-state index < -0.39 is 0 Å². The van der Waals surface area contributed by atoms with E-state index in [9.17, 15) is 9.59 Å². The number of carbonyl (C=O) groups excluding carboxylic acids is 2. The standard InChI is InChI=1S/C22H21N3O2/c23-15-16-3-1-6-19(13-16)21(26)24-9-11-25(12-10-24)22(27)20-8-7-17-4-2-5-18(17)14-20/h1,3,6-8,13-14H,2,4-5,9-12H2. The van der Waals surface area contributed by atoms with Crippen molar-refractivity contribution in [3.8, 4) is 6.07 Å². The molecule has 0 radical (unpaired) electrons. The summed E-state index contributed by atoms with van der Waals surface area (Å²) in [6.45, 7) is 2.07. The molecule has 0 aromatic heterocycles. The van der Waals surface area contributed by atoms with E-state index in [-0.39, 0.29) is 11.8 Å². The summed E-state index contributed by atoms with van der Waals surface area (Å²) in [5.74, 6) is -0.0417. The molecule has 0 spiro atoms. The van der Waals surface area contributed by atoms with Gasteiger partial charge in [0.25, 0.3) is 11.8 Å². The molecule has 0 unspecified atom stereocenters. The SMILES string of the molecule is N#Cc1cccc(C(=O)N2CCN(C(=O)c3ccc4c(c3)CCC4)CC2)c1. The summed E-state index contributed by atoms with van der Waals surface area (Å²) in [5.41, 5.74) is 4.41. The van der Waals surface area contributed by atoms with Gasteiger partial charge in [-0.15, -0.1) is 0 Å². The third kappa shape index (κ3) is 3.43. The molecule has 1 saturated heterocycles. The van der Waals surface area contributed by atoms with Crippen molar-refractivity contribution in [1.29, 1.82) is 5.26 Å². The Morgan fingerprint density at radius 3 is 2.11 bits per heavy atom. The van der Waals surface area contributed by atoms with Gasteiger partial charge in [0.2, 0.25) is 0 Å². The van der Waals surface area contributed by atoms with Crippen LogP contribution in [0.4, 0.5) is 0 Å². The van der Waals surface area contributed by atoms with Crippen LogP contribution in [-0.2, 0) is 12.8 Å². The maximum absolute atomic E-state index is 12.8. The van der Waals surface area contributed by atoms with E-state index in [1.165, 1.54) is 17.5 Å². The van der Waals surface area contributed by atoms with Crippen LogP contribution in [0.25, 0.3) is 0 Å². The van der Waals surface area contributed by atoms with Crippen LogP contribution in [0, 0.1) is 11.3 Å². The van der Waals surface area contributed by atoms with Crippen LogP contribution in [0.5, 0.6) is 0 Å². The number of amides is 2. The molecule has 2 aliphatic rings. The van der Waals surface area contributed by atoms with Gasteiger partial charge in [-0.3, -0.25) is 9.59 Å². The van der Waals surface area contributed by atoms with Crippen molar-refractivity contribution < 1.29 is 9.59 Å². The highest BCUT2D eigenvalue weighted by Gasteiger charge is 2.26. The molecular formula is C22H21N3O2. The zero-order chi connectivity index (χ0) is 18.8. The second-order valence-electron chi connectivity index (χ2n) is 7.11. The van der Waals surface area contributed by atoms with Crippen LogP contribution >= 0.6 is 0 Å². The average molecular weight is 359 g/mol. The van der Waals surface area contributed by atoms with Gasteiger partial charge in [-0.05, 0) is 60.7 Å². The Hall–Kier alpha value is -3.13. The van der Waals surface area contributed by atoms with Gasteiger partial charge in [0.15, 0.2) is 0 Å². The Bertz CT molecular complexity index is 937. The van der Waals surface area contributed by atoms with Crippen LogP contribution < -0.4 is 0 Å². The van der Waals surface area contributed by atoms with Crippen molar-refractivity contribution in [1.82, 2.24) is 9.80 Å². The second-order valence-corrected chi connectivity index (χ2v) is 7.11. The highest BCUT2D eigenvalue weighted by molar-refractivity contribution is 5.96. The molecular weight excluding hydrogens is 338 g/mol. The molecule has 0 N–H and O–H groups in total. The van der Waals surface area contributed by atoms with Gasteiger partial charge in [-0.1, -0.05) is 12.1 Å². The largest absolute Gasteiger partial charge is 0.335 e. The molecule has 0 atom stereocenters. The second kappa shape index (κ2) is 7.24. The van der Waals surface area contributed by atoms with Gasteiger partial charge in [-0.2, -0.15) is 5.26 Å². The first kappa shape index (κ1) is 17.3. The summed E-state index contributed by atoms with van der Waals surface area (Å²) in [4.78, 5) is 29.0. The van der Waals surface area contributed by atoms with E-state index in [1.54, 1.807) is 29.2 Å². The predicted molar refractivity (Wildman–Crippen MR) is 101 cm³/mol.